The van der Waals surface area contributed by atoms with Gasteiger partial charge in [0.2, 0.25) is 0 Å². The molecule has 0 bridgehead atoms. The number of benzene rings is 1. The molecule has 2 amide bonds. The number of nitrogens with zero attached hydrogens (tertiary/aromatic N) is 3. The first-order chi connectivity index (χ1) is 14.3. The summed E-state index contributed by atoms with van der Waals surface area (Å²) < 4.78 is 34.4. The van der Waals surface area contributed by atoms with Gasteiger partial charge in [-0.3, -0.25) is 14.6 Å². The van der Waals surface area contributed by atoms with Gasteiger partial charge in [0.1, 0.15) is 11.3 Å². The van der Waals surface area contributed by atoms with Crippen LogP contribution in [0.3, 0.4) is 0 Å². The van der Waals surface area contributed by atoms with Crippen LogP contribution in [0.15, 0.2) is 18.3 Å². The van der Waals surface area contributed by atoms with Gasteiger partial charge in [-0.25, -0.2) is 18.6 Å². The van der Waals surface area contributed by atoms with Gasteiger partial charge in [0.25, 0.3) is 0 Å². The van der Waals surface area contributed by atoms with Crippen LogP contribution in [0.25, 0.3) is 11.0 Å². The van der Waals surface area contributed by atoms with E-state index in [1.54, 1.807) is 13.0 Å². The number of ketones is 1. The number of H-pyrrole nitrogens is 1. The third kappa shape index (κ3) is 2.75. The lowest BCUT2D eigenvalue weighted by Gasteiger charge is -2.37. The lowest BCUT2D eigenvalue weighted by molar-refractivity contribution is 0.101. The van der Waals surface area contributed by atoms with Crippen molar-refractivity contribution in [2.24, 2.45) is 0 Å². The normalized spacial score (nSPS) is 13.7. The second-order valence-corrected chi connectivity index (χ2v) is 6.82. The van der Waals surface area contributed by atoms with Crippen molar-refractivity contribution in [2.75, 3.05) is 23.5 Å². The van der Waals surface area contributed by atoms with Gasteiger partial charge < -0.3 is 14.8 Å². The Morgan fingerprint density at radius 2 is 2.03 bits per heavy atom. The van der Waals surface area contributed by atoms with Crippen LogP contribution in [-0.4, -0.2) is 40.5 Å². The van der Waals surface area contributed by atoms with E-state index in [4.69, 9.17) is 4.74 Å². The molecule has 1 aromatic carbocycles. The fourth-order valence-corrected chi connectivity index (χ4v) is 3.64. The molecular weight excluding hydrogens is 398 g/mol. The van der Waals surface area contributed by atoms with Crippen LogP contribution in [0.4, 0.5) is 25.0 Å². The molecule has 30 heavy (non-hydrogen) atoms. The maximum absolute atomic E-state index is 14.9. The van der Waals surface area contributed by atoms with Gasteiger partial charge in [0.15, 0.2) is 28.9 Å². The maximum atomic E-state index is 14.9. The number of rotatable bonds is 4. The van der Waals surface area contributed by atoms with Gasteiger partial charge in [0, 0.05) is 36.7 Å². The minimum absolute atomic E-state index is 0.186. The number of phenolic OH excluding ortho intramolecular Hbond substituents is 1. The number of nitrogens with one attached hydrogen (secondary N) is 1. The highest BCUT2D eigenvalue weighted by atomic mass is 19.1. The number of aromatic amines is 1. The molecular formula is C20H18F2N4O4. The molecule has 1 aliphatic heterocycles. The van der Waals surface area contributed by atoms with E-state index in [9.17, 15) is 23.5 Å². The third-order valence-corrected chi connectivity index (χ3v) is 5.08. The Labute approximate surface area is 169 Å². The van der Waals surface area contributed by atoms with Crippen LogP contribution < -0.4 is 14.5 Å². The van der Waals surface area contributed by atoms with Gasteiger partial charge in [0.05, 0.1) is 25.0 Å². The summed E-state index contributed by atoms with van der Waals surface area (Å²) in [7, 11) is 1.17. The first kappa shape index (κ1) is 19.6. The molecule has 0 saturated heterocycles. The number of phenols is 1. The summed E-state index contributed by atoms with van der Waals surface area (Å²) in [5, 5.41) is 10.4. The van der Waals surface area contributed by atoms with E-state index >= 15 is 0 Å². The molecule has 2 aromatic heterocycles. The number of ether oxygens (including phenoxy) is 1. The summed E-state index contributed by atoms with van der Waals surface area (Å²) in [6, 6.07) is 1.73. The van der Waals surface area contributed by atoms with Crippen LogP contribution >= 0.6 is 0 Å². The number of Topliss-reactive ketones (excluding diaryl/α,β-unsaturated/α-hetero) is 1. The highest BCUT2D eigenvalue weighted by Crippen LogP contribution is 2.42. The molecule has 0 unspecified atom stereocenters. The monoisotopic (exact) mass is 416 g/mol. The largest absolute Gasteiger partial charge is 0.505 e. The van der Waals surface area contributed by atoms with Gasteiger partial charge >= 0.3 is 6.03 Å². The Morgan fingerprint density at radius 1 is 1.30 bits per heavy atom. The predicted molar refractivity (Wildman–Crippen MR) is 105 cm³/mol. The van der Waals surface area contributed by atoms with E-state index in [2.05, 4.69) is 9.97 Å². The third-order valence-electron chi connectivity index (χ3n) is 5.08. The van der Waals surface area contributed by atoms with Gasteiger partial charge in [-0.1, -0.05) is 0 Å². The van der Waals surface area contributed by atoms with Crippen molar-refractivity contribution in [3.8, 4) is 11.5 Å². The number of urea groups is 1. The van der Waals surface area contributed by atoms with Crippen LogP contribution in [0.5, 0.6) is 11.5 Å². The van der Waals surface area contributed by atoms with Gasteiger partial charge in [-0.15, -0.1) is 0 Å². The van der Waals surface area contributed by atoms with E-state index in [0.717, 1.165) is 11.0 Å². The molecule has 3 heterocycles. The molecule has 0 saturated carbocycles. The topological polar surface area (TPSA) is 98.8 Å². The number of fused-ring (bicyclic) bond motifs is 3. The number of hydrogen-bond donors (Lipinski definition) is 2. The molecule has 10 heteroatoms. The van der Waals surface area contributed by atoms with E-state index in [1.165, 1.54) is 25.1 Å². The molecule has 8 nitrogen and oxygen atoms in total. The van der Waals surface area contributed by atoms with Crippen molar-refractivity contribution in [1.82, 2.24) is 9.97 Å². The second-order valence-electron chi connectivity index (χ2n) is 6.82. The summed E-state index contributed by atoms with van der Waals surface area (Å²) in [6.45, 7) is 3.13. The van der Waals surface area contributed by atoms with E-state index in [1.807, 2.05) is 0 Å². The zero-order chi connectivity index (χ0) is 21.7. The number of hydrogen-bond acceptors (Lipinski definition) is 5. The predicted octanol–water partition coefficient (Wildman–Crippen LogP) is 3.72. The average Bonchev–Trinajstić information content (AvgIpc) is 3.16. The van der Waals surface area contributed by atoms with Crippen LogP contribution in [-0.2, 0) is 6.54 Å². The van der Waals surface area contributed by atoms with E-state index in [-0.39, 0.29) is 18.9 Å². The van der Waals surface area contributed by atoms with Crippen molar-refractivity contribution < 1.29 is 28.2 Å². The minimum Gasteiger partial charge on any atom is -0.505 e. The van der Waals surface area contributed by atoms with Gasteiger partial charge in [-0.2, -0.15) is 0 Å². The Balaban J connectivity index is 1.92. The second kappa shape index (κ2) is 6.97. The first-order valence-corrected chi connectivity index (χ1v) is 9.13. The highest BCUT2D eigenvalue weighted by molar-refractivity contribution is 6.12. The number of carbonyl (C=O) groups excluding carboxylic acids is 2. The maximum Gasteiger partial charge on any atom is 0.329 e. The summed E-state index contributed by atoms with van der Waals surface area (Å²) in [5.41, 5.74) is 1.10. The van der Waals surface area contributed by atoms with Crippen molar-refractivity contribution >= 4 is 34.2 Å². The SMILES string of the molecule is CCN1C(=O)N(c2c(F)c(O)cc(OC)c2F)Cc2cnc3[nH]c(C(C)=O)cc3c21. The Morgan fingerprint density at radius 3 is 2.67 bits per heavy atom. The number of halogens is 2. The van der Waals surface area contributed by atoms with E-state index in [0.29, 0.717) is 28.0 Å². The van der Waals surface area contributed by atoms with E-state index < -0.39 is 34.9 Å². The molecule has 0 spiro atoms. The fraction of sp³-hybridized carbons (Fsp3) is 0.250. The summed E-state index contributed by atoms with van der Waals surface area (Å²) >= 11 is 0. The van der Waals surface area contributed by atoms with Crippen molar-refractivity contribution in [1.29, 1.82) is 0 Å². The number of carbonyl (C=O) groups is 2. The average molecular weight is 416 g/mol. The molecule has 4 rings (SSSR count). The van der Waals surface area contributed by atoms with Gasteiger partial charge in [-0.05, 0) is 13.0 Å². The fourth-order valence-electron chi connectivity index (χ4n) is 3.64. The quantitative estimate of drug-likeness (QED) is 0.632. The van der Waals surface area contributed by atoms with Crippen molar-refractivity contribution in [3.63, 3.8) is 0 Å². The smallest absolute Gasteiger partial charge is 0.329 e. The molecule has 2 N–H and O–H groups in total. The lowest BCUT2D eigenvalue weighted by atomic mass is 10.1. The summed E-state index contributed by atoms with van der Waals surface area (Å²) in [4.78, 5) is 34.4. The molecule has 3 aromatic rings. The van der Waals surface area contributed by atoms with Crippen LogP contribution in [0, 0.1) is 11.6 Å². The standard InChI is InChI=1S/C20H18F2N4O4/c1-4-25-17-10(7-23-19-11(17)5-12(24-19)9(2)27)8-26(20(25)29)18-15(21)13(28)6-14(30-3)16(18)22/h5-7,28H,4,8H2,1-3H3,(H,23,24). The summed E-state index contributed by atoms with van der Waals surface area (Å²) in [5.74, 6) is -3.79. The number of amides is 2. The minimum atomic E-state index is -1.27. The number of aromatic nitrogens is 2. The number of methoxy groups -OCH3 is 1. The number of pyridine rings is 1. The zero-order valence-electron chi connectivity index (χ0n) is 16.4. The summed E-state index contributed by atoms with van der Waals surface area (Å²) in [6.07, 6.45) is 1.48. The Kier molecular flexibility index (Phi) is 4.56. The highest BCUT2D eigenvalue weighted by Gasteiger charge is 2.37. The molecule has 1 aliphatic rings. The number of aromatic hydroxyl groups is 1. The lowest BCUT2D eigenvalue weighted by Crippen LogP contribution is -2.48. The molecule has 156 valence electrons. The molecule has 0 radical (unpaired) electrons. The van der Waals surface area contributed by atoms with Crippen LogP contribution in [0.2, 0.25) is 0 Å². The molecule has 0 fully saturated rings. The molecule has 0 aliphatic carbocycles. The number of anilines is 2. The van der Waals surface area contributed by atoms with Crippen molar-refractivity contribution in [3.05, 3.63) is 41.2 Å². The Bertz CT molecular complexity index is 1210. The Hall–Kier alpha value is -3.69. The van der Waals surface area contributed by atoms with Crippen LogP contribution in [0.1, 0.15) is 29.9 Å². The molecule has 0 atom stereocenters. The zero-order valence-corrected chi connectivity index (χ0v) is 16.4. The first-order valence-electron chi connectivity index (χ1n) is 9.13. The van der Waals surface area contributed by atoms with Crippen molar-refractivity contribution in [2.45, 2.75) is 20.4 Å².